The number of amides is 2. The van der Waals surface area contributed by atoms with Crippen LogP contribution in [-0.4, -0.2) is 47.2 Å². The molecule has 0 aliphatic carbocycles. The minimum Gasteiger partial charge on any atom is -0.412 e. The third-order valence-corrected chi connectivity index (χ3v) is 7.74. The molecule has 0 bridgehead atoms. The average Bonchev–Trinajstić information content (AvgIpc) is 3.65. The Hall–Kier alpha value is -6.56. The number of rotatable bonds is 7. The standard InChI is InChI=1S/C17H15N5O.C15H12IN5O.HN3.H2O/c1-2-11-13(16(18)23)14(10-6-4-3-5-7-10)22-15(11)12-8-9-20-17(19)21-12;16-11-10(14(17)22)12(8-4-2-1-3-5-8)21-13(11)9-6-7-19-15(18)20-9;1-3-2;/h2-9,22H,1H2,(H2,18,23)(H2,19,20,21);1-7,21H,(H2,17,22)(H2,18,19,20);1H;1H2. The van der Waals surface area contributed by atoms with Gasteiger partial charge in [0.1, 0.15) is 0 Å². The smallest absolute Gasteiger partial charge is 0.251 e. The number of nitrogens with two attached hydrogens (primary N) is 4. The van der Waals surface area contributed by atoms with Crippen molar-refractivity contribution >= 4 is 52.4 Å². The molecular formula is C32H30IN13O3. The average molecular weight is 772 g/mol. The van der Waals surface area contributed by atoms with E-state index in [1.54, 1.807) is 35.5 Å². The molecule has 0 atom stereocenters. The SMILES string of the molecule is C=Cc1c(-c2ccnc(N)n2)[nH]c(-c2ccccc2)c1C(N)=O.NC(=O)c1c(-c2ccccc2)[nH]c(-c2ccnc(N)n2)c1I.O.[N-]=[N+]=N. The number of halogens is 1. The Morgan fingerprint density at radius 1 is 0.755 bits per heavy atom. The number of nitrogens with one attached hydrogen (secondary N) is 3. The summed E-state index contributed by atoms with van der Waals surface area (Å²) in [5, 5.41) is 0. The zero-order valence-corrected chi connectivity index (χ0v) is 27.7. The van der Waals surface area contributed by atoms with Gasteiger partial charge in [-0.1, -0.05) is 73.3 Å². The number of aromatic nitrogens is 6. The summed E-state index contributed by atoms with van der Waals surface area (Å²) < 4.78 is 0.710. The van der Waals surface area contributed by atoms with E-state index in [4.69, 9.17) is 34.0 Å². The van der Waals surface area contributed by atoms with E-state index in [9.17, 15) is 9.59 Å². The van der Waals surface area contributed by atoms with Crippen molar-refractivity contribution in [3.8, 4) is 45.3 Å². The zero-order valence-electron chi connectivity index (χ0n) is 25.6. The highest BCUT2D eigenvalue weighted by molar-refractivity contribution is 14.1. The van der Waals surface area contributed by atoms with Crippen molar-refractivity contribution in [2.45, 2.75) is 0 Å². The first kappa shape index (κ1) is 36.9. The lowest BCUT2D eigenvalue weighted by Gasteiger charge is -2.01. The van der Waals surface area contributed by atoms with Gasteiger partial charge in [-0.3, -0.25) is 9.59 Å². The van der Waals surface area contributed by atoms with Crippen molar-refractivity contribution in [2.75, 3.05) is 11.5 Å². The Labute approximate surface area is 292 Å². The van der Waals surface area contributed by atoms with Crippen LogP contribution in [0.1, 0.15) is 26.3 Å². The van der Waals surface area contributed by atoms with E-state index in [0.29, 0.717) is 54.4 Å². The second-order valence-corrected chi connectivity index (χ2v) is 10.7. The molecule has 0 saturated heterocycles. The van der Waals surface area contributed by atoms with E-state index >= 15 is 0 Å². The van der Waals surface area contributed by atoms with E-state index < -0.39 is 11.8 Å². The molecule has 13 N–H and O–H groups in total. The molecule has 49 heavy (non-hydrogen) atoms. The van der Waals surface area contributed by atoms with Crippen LogP contribution in [0.15, 0.2) is 91.8 Å². The number of benzene rings is 2. The third kappa shape index (κ3) is 8.43. The Morgan fingerprint density at radius 3 is 1.57 bits per heavy atom. The number of carbonyl (C=O) groups is 2. The first-order valence-electron chi connectivity index (χ1n) is 13.8. The number of anilines is 2. The summed E-state index contributed by atoms with van der Waals surface area (Å²) in [5.41, 5.74) is 41.6. The number of hydrogen-bond acceptors (Lipinski definition) is 9. The van der Waals surface area contributed by atoms with Crippen molar-refractivity contribution in [3.05, 3.63) is 122 Å². The van der Waals surface area contributed by atoms with Gasteiger partial charge in [-0.2, -0.15) is 0 Å². The molecule has 0 fully saturated rings. The minimum atomic E-state index is -0.539. The number of aromatic amines is 2. The lowest BCUT2D eigenvalue weighted by atomic mass is 10.0. The number of H-pyrrole nitrogens is 2. The quantitative estimate of drug-likeness (QED) is 0.0503. The van der Waals surface area contributed by atoms with Crippen LogP contribution in [0.5, 0.6) is 0 Å². The summed E-state index contributed by atoms with van der Waals surface area (Å²) in [6, 6.07) is 22.4. The fourth-order valence-electron chi connectivity index (χ4n) is 4.73. The van der Waals surface area contributed by atoms with Gasteiger partial charge in [-0.25, -0.2) is 19.9 Å². The molecule has 0 spiro atoms. The predicted octanol–water partition coefficient (Wildman–Crippen LogP) is 4.94. The van der Waals surface area contributed by atoms with E-state index in [1.807, 2.05) is 60.7 Å². The molecule has 0 aliphatic heterocycles. The summed E-state index contributed by atoms with van der Waals surface area (Å²) in [4.78, 5) is 48.2. The van der Waals surface area contributed by atoms with Crippen LogP contribution in [0.25, 0.3) is 61.8 Å². The molecule has 16 nitrogen and oxygen atoms in total. The molecule has 2 aromatic carbocycles. The first-order valence-corrected chi connectivity index (χ1v) is 14.9. The van der Waals surface area contributed by atoms with Gasteiger partial charge in [0, 0.05) is 18.0 Å². The number of nitrogen functional groups attached to an aromatic ring is 2. The molecule has 0 aliphatic rings. The van der Waals surface area contributed by atoms with Crippen molar-refractivity contribution in [3.63, 3.8) is 0 Å². The Morgan fingerprint density at radius 2 is 1.16 bits per heavy atom. The number of carbonyl (C=O) groups excluding carboxylic acids is 2. The van der Waals surface area contributed by atoms with Gasteiger partial charge in [-0.05, 0) is 56.3 Å². The highest BCUT2D eigenvalue weighted by Crippen LogP contribution is 2.35. The van der Waals surface area contributed by atoms with Gasteiger partial charge in [-0.15, -0.1) is 5.53 Å². The number of nitrogens with zero attached hydrogens (tertiary/aromatic N) is 6. The van der Waals surface area contributed by atoms with Gasteiger partial charge < -0.3 is 38.4 Å². The largest absolute Gasteiger partial charge is 0.412 e. The van der Waals surface area contributed by atoms with Crippen LogP contribution in [0.3, 0.4) is 0 Å². The summed E-state index contributed by atoms with van der Waals surface area (Å²) in [6.45, 7) is 3.79. The van der Waals surface area contributed by atoms with Crippen LogP contribution < -0.4 is 22.9 Å². The molecule has 4 heterocycles. The molecule has 2 amide bonds. The molecule has 0 unspecified atom stereocenters. The van der Waals surface area contributed by atoms with Crippen LogP contribution in [-0.2, 0) is 0 Å². The minimum absolute atomic E-state index is 0. The van der Waals surface area contributed by atoms with Gasteiger partial charge in [0.15, 0.2) is 0 Å². The highest BCUT2D eigenvalue weighted by atomic mass is 127. The maximum atomic E-state index is 12.0. The van der Waals surface area contributed by atoms with Crippen LogP contribution in [0.4, 0.5) is 11.9 Å². The maximum absolute atomic E-state index is 12.0. The molecule has 6 rings (SSSR count). The van der Waals surface area contributed by atoms with E-state index in [2.05, 4.69) is 59.1 Å². The Kier molecular flexibility index (Phi) is 12.7. The van der Waals surface area contributed by atoms with Crippen LogP contribution >= 0.6 is 22.6 Å². The molecule has 17 heteroatoms. The Balaban J connectivity index is 0.000000241. The van der Waals surface area contributed by atoms with Crippen molar-refractivity contribution in [1.82, 2.24) is 29.9 Å². The summed E-state index contributed by atoms with van der Waals surface area (Å²) in [5.74, 6) is -0.713. The van der Waals surface area contributed by atoms with E-state index in [-0.39, 0.29) is 17.4 Å². The summed E-state index contributed by atoms with van der Waals surface area (Å²) in [7, 11) is 0. The lowest BCUT2D eigenvalue weighted by Crippen LogP contribution is -2.12. The van der Waals surface area contributed by atoms with E-state index in [0.717, 1.165) is 11.1 Å². The van der Waals surface area contributed by atoms with Crippen LogP contribution in [0, 0.1) is 9.10 Å². The number of hydrogen-bond donors (Lipinski definition) is 7. The lowest BCUT2D eigenvalue weighted by molar-refractivity contribution is 0.0992. The molecule has 0 radical (unpaired) electrons. The third-order valence-electron chi connectivity index (χ3n) is 6.66. The van der Waals surface area contributed by atoms with Gasteiger partial charge in [0.05, 0.1) is 48.9 Å². The molecular weight excluding hydrogens is 741 g/mol. The monoisotopic (exact) mass is 771 g/mol. The van der Waals surface area contributed by atoms with E-state index in [1.165, 1.54) is 0 Å². The first-order chi connectivity index (χ1) is 23.1. The summed E-state index contributed by atoms with van der Waals surface area (Å²) in [6.07, 6.45) is 4.70. The second-order valence-electron chi connectivity index (χ2n) is 9.59. The predicted molar refractivity (Wildman–Crippen MR) is 196 cm³/mol. The maximum Gasteiger partial charge on any atom is 0.251 e. The second kappa shape index (κ2) is 16.8. The molecule has 4 aromatic heterocycles. The number of primary amides is 2. The van der Waals surface area contributed by atoms with Crippen molar-refractivity contribution < 1.29 is 15.1 Å². The molecule has 248 valence electrons. The Bertz CT molecular complexity index is 2130. The normalized spacial score (nSPS) is 9.82. The van der Waals surface area contributed by atoms with Crippen molar-refractivity contribution in [2.24, 2.45) is 11.5 Å². The molecule has 0 saturated carbocycles. The van der Waals surface area contributed by atoms with Crippen molar-refractivity contribution in [1.29, 1.82) is 5.53 Å². The molecule has 6 aromatic rings. The zero-order chi connectivity index (χ0) is 34.8. The fraction of sp³-hybridized carbons (Fsp3) is 0. The van der Waals surface area contributed by atoms with Gasteiger partial charge in [0.2, 0.25) is 11.9 Å². The topological polar surface area (TPSA) is 313 Å². The summed E-state index contributed by atoms with van der Waals surface area (Å²) >= 11 is 2.09. The van der Waals surface area contributed by atoms with Gasteiger partial charge >= 0.3 is 0 Å². The van der Waals surface area contributed by atoms with Gasteiger partial charge in [0.25, 0.3) is 11.8 Å². The highest BCUT2D eigenvalue weighted by Gasteiger charge is 2.23. The van der Waals surface area contributed by atoms with Crippen LogP contribution in [0.2, 0.25) is 0 Å². The fourth-order valence-corrected chi connectivity index (χ4v) is 5.68.